The van der Waals surface area contributed by atoms with Gasteiger partial charge in [0.05, 0.1) is 15.8 Å². The second kappa shape index (κ2) is 20.3. The average Bonchev–Trinajstić information content (AvgIpc) is 3.81. The Balaban J connectivity index is 0.000000289. The van der Waals surface area contributed by atoms with E-state index in [4.69, 9.17) is 30.8 Å². The molecule has 2 atom stereocenters. The molecule has 2 N–H and O–H groups in total. The normalized spacial score (nSPS) is 19.9. The van der Waals surface area contributed by atoms with E-state index in [1.54, 1.807) is 10.6 Å². The van der Waals surface area contributed by atoms with Crippen molar-refractivity contribution in [1.29, 1.82) is 0 Å². The first-order valence-corrected chi connectivity index (χ1v) is 27.5. The van der Waals surface area contributed by atoms with E-state index in [0.29, 0.717) is 0 Å². The molecule has 6 aliphatic rings. The maximum atomic E-state index is 7.89. The van der Waals surface area contributed by atoms with E-state index in [2.05, 4.69) is 158 Å². The fourth-order valence-electron chi connectivity index (χ4n) is 9.30. The number of nitrogens with one attached hydrogen (secondary N) is 2. The zero-order valence-electron chi connectivity index (χ0n) is 31.8. The largest absolute Gasteiger partial charge is 0.674 e. The van der Waals surface area contributed by atoms with Crippen LogP contribution in [0.3, 0.4) is 0 Å². The van der Waals surface area contributed by atoms with Gasteiger partial charge in [0.15, 0.2) is 0 Å². The predicted molar refractivity (Wildman–Crippen MR) is 246 cm³/mol. The van der Waals surface area contributed by atoms with Crippen molar-refractivity contribution in [3.05, 3.63) is 191 Å². The second-order valence-corrected chi connectivity index (χ2v) is 22.9. The molecule has 288 valence electrons. The Morgan fingerprint density at radius 3 is 1.07 bits per heavy atom. The van der Waals surface area contributed by atoms with Crippen LogP contribution in [-0.4, -0.2) is 12.1 Å². The van der Waals surface area contributed by atoms with Gasteiger partial charge in [0.2, 0.25) is 0 Å². The monoisotopic (exact) mass is 902 g/mol. The summed E-state index contributed by atoms with van der Waals surface area (Å²) < 4.78 is 0. The molecular formula is C49H52Cl2N2P2Ru+2. The van der Waals surface area contributed by atoms with Gasteiger partial charge in [-0.05, 0) is 109 Å². The Bertz CT molecular complexity index is 1890. The molecule has 0 saturated heterocycles. The van der Waals surface area contributed by atoms with Crippen molar-refractivity contribution in [2.75, 3.05) is 0 Å². The van der Waals surface area contributed by atoms with Crippen molar-refractivity contribution in [2.45, 2.75) is 76.3 Å². The first-order chi connectivity index (χ1) is 27.5. The number of aryl methyl sites for hydroxylation is 4. The molecule has 0 aromatic heterocycles. The summed E-state index contributed by atoms with van der Waals surface area (Å²) in [6, 6.07) is 59.8. The van der Waals surface area contributed by atoms with Crippen molar-refractivity contribution >= 4 is 67.1 Å². The molecule has 6 aromatic rings. The molecule has 0 heterocycles. The van der Waals surface area contributed by atoms with Crippen molar-refractivity contribution in [2.24, 2.45) is 5.41 Å². The molecule has 0 radical (unpaired) electrons. The third-order valence-corrected chi connectivity index (χ3v) is 17.8. The fraction of sp³-hybridized carbons (Fsp3) is 0.265. The molecule has 2 saturated carbocycles. The molecule has 2 fully saturated rings. The molecular weight excluding hydrogens is 850 g/mol. The van der Waals surface area contributed by atoms with Gasteiger partial charge in [0, 0.05) is 0 Å². The van der Waals surface area contributed by atoms with E-state index in [0.717, 1.165) is 51.4 Å². The van der Waals surface area contributed by atoms with Crippen LogP contribution >= 0.6 is 35.2 Å². The van der Waals surface area contributed by atoms with Crippen molar-refractivity contribution in [3.63, 3.8) is 0 Å². The summed E-state index contributed by atoms with van der Waals surface area (Å²) in [6.45, 7) is 0. The number of hydrogen-bond donors (Lipinski definition) is 0. The summed E-state index contributed by atoms with van der Waals surface area (Å²) in [5.74, 6) is 0. The van der Waals surface area contributed by atoms with Crippen LogP contribution in [0.2, 0.25) is 0 Å². The van der Waals surface area contributed by atoms with E-state index in [9.17, 15) is 0 Å². The van der Waals surface area contributed by atoms with Gasteiger partial charge >= 0.3 is 34.5 Å². The molecule has 56 heavy (non-hydrogen) atoms. The summed E-state index contributed by atoms with van der Waals surface area (Å²) in [5, 5.41) is 8.96. The average molecular weight is 903 g/mol. The summed E-state index contributed by atoms with van der Waals surface area (Å²) in [6.07, 6.45) is 11.0. The van der Waals surface area contributed by atoms with Crippen LogP contribution < -0.4 is 31.8 Å². The molecule has 0 amide bonds. The number of benzene rings is 6. The first-order valence-electron chi connectivity index (χ1n) is 20.0. The Hall–Kier alpha value is -2.70. The standard InChI is InChI=1S/C40H34P2.C9H16N2.2ClH.Ru/c1-5-13-35(14-6-1)41(36-15-7-2-8-16-36)39-29-31-21-25-33(39)27-23-32-22-26-34(28-24-31)40(30-32)42(37-17-9-3-10-18-37)38-19-11-4-12-20-38;10-7-3-1-5-9(7)6-2-4-8(9)11;;;/h1-22,25-26,29-30H,23-24,27-28H2;7-8,10-11H,1-6H2;2*1H;/q;-2;;;+4. The molecule has 6 aromatic carbocycles. The van der Waals surface area contributed by atoms with Gasteiger partial charge in [-0.15, -0.1) is 12.1 Å². The Morgan fingerprint density at radius 2 is 0.786 bits per heavy atom. The molecule has 0 aliphatic heterocycles. The van der Waals surface area contributed by atoms with Crippen molar-refractivity contribution in [3.8, 4) is 0 Å². The third kappa shape index (κ3) is 9.76. The van der Waals surface area contributed by atoms with Crippen molar-refractivity contribution < 1.29 is 15.1 Å². The van der Waals surface area contributed by atoms with Crippen LogP contribution in [-0.2, 0) is 40.8 Å². The van der Waals surface area contributed by atoms with E-state index in [1.807, 2.05) is 0 Å². The maximum Gasteiger partial charge on any atom is 0.105 e. The number of hydrogen-bond acceptors (Lipinski definition) is 0. The Labute approximate surface area is 353 Å². The van der Waals surface area contributed by atoms with E-state index in [1.165, 1.54) is 56.3 Å². The van der Waals surface area contributed by atoms with Gasteiger partial charge in [0.25, 0.3) is 0 Å². The topological polar surface area (TPSA) is 47.6 Å². The van der Waals surface area contributed by atoms with Gasteiger partial charge < -0.3 is 11.5 Å². The minimum absolute atomic E-state index is 0.0903. The van der Waals surface area contributed by atoms with Crippen LogP contribution in [0.5, 0.6) is 0 Å². The smallest absolute Gasteiger partial charge is 0.105 e. The van der Waals surface area contributed by atoms with Crippen LogP contribution in [0, 0.1) is 5.41 Å². The van der Waals surface area contributed by atoms with Gasteiger partial charge in [0.1, 0.15) is 31.8 Å². The van der Waals surface area contributed by atoms with Crippen molar-refractivity contribution in [1.82, 2.24) is 0 Å². The SMILES string of the molecule is [Cl][Ru+2][Cl].[NH-]C1CCCC12CCCC2[NH-].c1ccc([PH+](c2ccccc2)c2cc3ccc2CCc2ccc(c([PH+](c4ccccc4)c4ccccc4)c2)CC3)cc1. The van der Waals surface area contributed by atoms with Gasteiger partial charge in [-0.2, -0.15) is 0 Å². The van der Waals surface area contributed by atoms with E-state index in [-0.39, 0.29) is 32.6 Å². The van der Waals surface area contributed by atoms with Gasteiger partial charge in [-0.25, -0.2) is 0 Å². The number of halogens is 2. The van der Waals surface area contributed by atoms with Crippen LogP contribution in [0.15, 0.2) is 158 Å². The second-order valence-electron chi connectivity index (χ2n) is 15.4. The summed E-state index contributed by atoms with van der Waals surface area (Å²) in [5.41, 5.74) is 21.8. The van der Waals surface area contributed by atoms with Crippen LogP contribution in [0.1, 0.15) is 60.8 Å². The zero-order chi connectivity index (χ0) is 38.7. The predicted octanol–water partition coefficient (Wildman–Crippen LogP) is 11.1. The zero-order valence-corrected chi connectivity index (χ0v) is 37.1. The molecule has 6 aliphatic carbocycles. The molecule has 4 bridgehead atoms. The first kappa shape index (κ1) is 41.5. The summed E-state index contributed by atoms with van der Waals surface area (Å²) in [7, 11) is 7.47. The molecule has 1 spiro atoms. The molecule has 12 rings (SSSR count). The fourth-order valence-corrected chi connectivity index (χ4v) is 15.0. The molecule has 2 unspecified atom stereocenters. The Morgan fingerprint density at radius 1 is 0.464 bits per heavy atom. The molecule has 2 nitrogen and oxygen atoms in total. The number of rotatable bonds is 6. The summed E-state index contributed by atoms with van der Waals surface area (Å²) in [4.78, 5) is 0. The maximum absolute atomic E-state index is 7.89. The minimum atomic E-state index is -1.12. The van der Waals surface area contributed by atoms with Crippen LogP contribution in [0.4, 0.5) is 0 Å². The van der Waals surface area contributed by atoms with Gasteiger partial charge in [-0.3, -0.25) is 0 Å². The Kier molecular flexibility index (Phi) is 15.0. The summed E-state index contributed by atoms with van der Waals surface area (Å²) >= 11 is -0.346. The third-order valence-electron chi connectivity index (χ3n) is 12.2. The molecule has 7 heteroatoms. The van der Waals surface area contributed by atoms with Gasteiger partial charge in [-0.1, -0.05) is 141 Å². The minimum Gasteiger partial charge on any atom is -0.674 e. The van der Waals surface area contributed by atoms with E-state index >= 15 is 0 Å². The van der Waals surface area contributed by atoms with Crippen LogP contribution in [0.25, 0.3) is 11.5 Å². The quantitative estimate of drug-likeness (QED) is 0.118. The van der Waals surface area contributed by atoms with E-state index < -0.39 is 15.8 Å².